The largest absolute Gasteiger partial charge is 0.294 e. The molecule has 5 heteroatoms. The number of rotatable bonds is 3. The van der Waals surface area contributed by atoms with Crippen LogP contribution in [0.2, 0.25) is 0 Å². The molecule has 0 spiro atoms. The monoisotopic (exact) mass is 154 g/mol. The first-order chi connectivity index (χ1) is 5.22. The lowest BCUT2D eigenvalue weighted by Gasteiger charge is -1.99. The van der Waals surface area contributed by atoms with E-state index in [0.717, 1.165) is 0 Å². The first kappa shape index (κ1) is 7.84. The Morgan fingerprint density at radius 3 is 2.82 bits per heavy atom. The van der Waals surface area contributed by atoms with E-state index >= 15 is 0 Å². The molecule has 11 heavy (non-hydrogen) atoms. The second-order valence-corrected chi connectivity index (χ2v) is 2.71. The van der Waals surface area contributed by atoms with Crippen molar-refractivity contribution in [2.75, 3.05) is 0 Å². The molecule has 1 heterocycles. The number of hydrogen-bond donors (Lipinski definition) is 0. The number of carbonyl (C=O) groups excluding carboxylic acids is 1. The molecule has 0 atom stereocenters. The van der Waals surface area contributed by atoms with Crippen molar-refractivity contribution < 1.29 is 4.79 Å². The summed E-state index contributed by atoms with van der Waals surface area (Å²) in [7, 11) is 0. The second kappa shape index (κ2) is 3.23. The second-order valence-electron chi connectivity index (χ2n) is 2.71. The van der Waals surface area contributed by atoms with E-state index in [4.69, 9.17) is 0 Å². The van der Waals surface area contributed by atoms with Crippen LogP contribution in [0.5, 0.6) is 0 Å². The van der Waals surface area contributed by atoms with Gasteiger partial charge in [0.05, 0.1) is 6.54 Å². The number of aldehydes is 1. The molecule has 0 N–H and O–H groups in total. The molecule has 60 valence electrons. The average Bonchev–Trinajstić information content (AvgIpc) is 2.34. The van der Waals surface area contributed by atoms with Gasteiger partial charge in [-0.05, 0) is 11.1 Å². The third-order valence-corrected chi connectivity index (χ3v) is 1.10. The van der Waals surface area contributed by atoms with Gasteiger partial charge in [-0.15, -0.1) is 10.2 Å². The fraction of sp³-hybridized carbons (Fsp3) is 0.667. The van der Waals surface area contributed by atoms with Gasteiger partial charge in [0.2, 0.25) is 5.82 Å². The van der Waals surface area contributed by atoms with E-state index in [9.17, 15) is 4.79 Å². The first-order valence-electron chi connectivity index (χ1n) is 3.45. The Morgan fingerprint density at radius 2 is 2.36 bits per heavy atom. The van der Waals surface area contributed by atoms with Crippen LogP contribution in [0.15, 0.2) is 0 Å². The van der Waals surface area contributed by atoms with Gasteiger partial charge in [-0.25, -0.2) is 0 Å². The molecular formula is C6H10N4O. The van der Waals surface area contributed by atoms with Gasteiger partial charge in [-0.2, -0.15) is 4.80 Å². The maximum absolute atomic E-state index is 10.1. The van der Waals surface area contributed by atoms with Gasteiger partial charge in [0.15, 0.2) is 6.29 Å². The van der Waals surface area contributed by atoms with Crippen LogP contribution in [0.25, 0.3) is 0 Å². The molecule has 0 bridgehead atoms. The highest BCUT2D eigenvalue weighted by atomic mass is 16.1. The number of aromatic nitrogens is 4. The molecule has 0 unspecified atom stereocenters. The lowest BCUT2D eigenvalue weighted by atomic mass is 10.2. The Labute approximate surface area is 64.4 Å². The van der Waals surface area contributed by atoms with E-state index < -0.39 is 0 Å². The Bertz CT molecular complexity index is 242. The Morgan fingerprint density at radius 1 is 1.64 bits per heavy atom. The fourth-order valence-electron chi connectivity index (χ4n) is 0.707. The molecule has 1 aromatic heterocycles. The van der Waals surface area contributed by atoms with Gasteiger partial charge in [0, 0.05) is 0 Å². The topological polar surface area (TPSA) is 60.7 Å². The molecule has 0 aliphatic heterocycles. The predicted octanol–water partition coefficient (Wildman–Crippen LogP) is 0.142. The molecule has 0 saturated heterocycles. The molecule has 0 fully saturated rings. The summed E-state index contributed by atoms with van der Waals surface area (Å²) < 4.78 is 0. The van der Waals surface area contributed by atoms with Crippen molar-refractivity contribution in [1.82, 2.24) is 20.2 Å². The maximum Gasteiger partial charge on any atom is 0.237 e. The minimum absolute atomic E-state index is 0.144. The van der Waals surface area contributed by atoms with E-state index in [2.05, 4.69) is 15.4 Å². The Kier molecular flexibility index (Phi) is 2.30. The molecular weight excluding hydrogens is 144 g/mol. The number of nitrogens with zero attached hydrogens (tertiary/aromatic N) is 4. The molecule has 0 aromatic carbocycles. The summed E-state index contributed by atoms with van der Waals surface area (Å²) in [4.78, 5) is 11.6. The maximum atomic E-state index is 10.1. The minimum Gasteiger partial charge on any atom is -0.294 e. The van der Waals surface area contributed by atoms with Gasteiger partial charge < -0.3 is 0 Å². The quantitative estimate of drug-likeness (QED) is 0.581. The van der Waals surface area contributed by atoms with Crippen LogP contribution in [0.3, 0.4) is 0 Å². The fourth-order valence-corrected chi connectivity index (χ4v) is 0.707. The molecule has 0 radical (unpaired) electrons. The van der Waals surface area contributed by atoms with Crippen LogP contribution in [0.1, 0.15) is 24.5 Å². The highest BCUT2D eigenvalue weighted by Crippen LogP contribution is 1.93. The Hall–Kier alpha value is -1.26. The van der Waals surface area contributed by atoms with Crippen molar-refractivity contribution in [2.45, 2.75) is 20.4 Å². The summed E-state index contributed by atoms with van der Waals surface area (Å²) in [5, 5.41) is 11.0. The summed E-state index contributed by atoms with van der Waals surface area (Å²) in [6, 6.07) is 0. The van der Waals surface area contributed by atoms with Crippen molar-refractivity contribution in [3.63, 3.8) is 0 Å². The third kappa shape index (κ3) is 2.10. The number of tetrazole rings is 1. The first-order valence-corrected chi connectivity index (χ1v) is 3.45. The van der Waals surface area contributed by atoms with Gasteiger partial charge >= 0.3 is 0 Å². The summed E-state index contributed by atoms with van der Waals surface area (Å²) in [6.07, 6.45) is 0.587. The molecule has 0 saturated carbocycles. The van der Waals surface area contributed by atoms with Crippen LogP contribution in [0, 0.1) is 5.92 Å². The smallest absolute Gasteiger partial charge is 0.237 e. The zero-order chi connectivity index (χ0) is 8.27. The van der Waals surface area contributed by atoms with Crippen molar-refractivity contribution in [3.05, 3.63) is 5.82 Å². The van der Waals surface area contributed by atoms with Crippen LogP contribution >= 0.6 is 0 Å². The molecule has 0 amide bonds. The number of hydrogen-bond acceptors (Lipinski definition) is 4. The zero-order valence-corrected chi connectivity index (χ0v) is 6.56. The predicted molar refractivity (Wildman–Crippen MR) is 38.0 cm³/mol. The normalized spacial score (nSPS) is 10.5. The summed E-state index contributed by atoms with van der Waals surface area (Å²) in [6.45, 7) is 4.79. The van der Waals surface area contributed by atoms with Gasteiger partial charge in [0.1, 0.15) is 0 Å². The van der Waals surface area contributed by atoms with Gasteiger partial charge in [0.25, 0.3) is 0 Å². The SMILES string of the molecule is CC(C)Cn1nnc(C=O)n1. The molecule has 5 nitrogen and oxygen atoms in total. The molecule has 1 rings (SSSR count). The van der Waals surface area contributed by atoms with Gasteiger partial charge in [-0.3, -0.25) is 4.79 Å². The van der Waals surface area contributed by atoms with E-state index in [1.54, 1.807) is 0 Å². The van der Waals surface area contributed by atoms with Crippen molar-refractivity contribution in [2.24, 2.45) is 5.92 Å². The summed E-state index contributed by atoms with van der Waals surface area (Å²) in [5.74, 6) is 0.606. The van der Waals surface area contributed by atoms with E-state index in [1.807, 2.05) is 13.8 Å². The third-order valence-electron chi connectivity index (χ3n) is 1.10. The summed E-state index contributed by atoms with van der Waals surface area (Å²) in [5.41, 5.74) is 0. The average molecular weight is 154 g/mol. The van der Waals surface area contributed by atoms with E-state index in [-0.39, 0.29) is 5.82 Å². The highest BCUT2D eigenvalue weighted by molar-refractivity contribution is 5.67. The highest BCUT2D eigenvalue weighted by Gasteiger charge is 2.01. The molecule has 0 aliphatic rings. The number of carbonyl (C=O) groups is 1. The standard InChI is InChI=1S/C6H10N4O/c1-5(2)3-10-8-6(4-11)7-9-10/h4-5H,3H2,1-2H3. The lowest BCUT2D eigenvalue weighted by molar-refractivity contribution is 0.111. The van der Waals surface area contributed by atoms with Crippen LogP contribution in [-0.4, -0.2) is 26.5 Å². The van der Waals surface area contributed by atoms with Crippen LogP contribution in [-0.2, 0) is 6.54 Å². The zero-order valence-electron chi connectivity index (χ0n) is 6.56. The van der Waals surface area contributed by atoms with Crippen molar-refractivity contribution in [3.8, 4) is 0 Å². The van der Waals surface area contributed by atoms with E-state index in [1.165, 1.54) is 4.80 Å². The summed E-state index contributed by atoms with van der Waals surface area (Å²) >= 11 is 0. The molecule has 1 aromatic rings. The lowest BCUT2D eigenvalue weighted by Crippen LogP contribution is -2.07. The Balaban J connectivity index is 2.65. The van der Waals surface area contributed by atoms with Crippen LogP contribution in [0.4, 0.5) is 0 Å². The van der Waals surface area contributed by atoms with E-state index in [0.29, 0.717) is 18.7 Å². The van der Waals surface area contributed by atoms with Crippen molar-refractivity contribution >= 4 is 6.29 Å². The van der Waals surface area contributed by atoms with Crippen molar-refractivity contribution in [1.29, 1.82) is 0 Å². The minimum atomic E-state index is 0.144. The van der Waals surface area contributed by atoms with Crippen LogP contribution < -0.4 is 0 Å². The molecule has 0 aliphatic carbocycles. The van der Waals surface area contributed by atoms with Gasteiger partial charge in [-0.1, -0.05) is 13.8 Å².